The molecular formula is C13H27N3O2. The molecule has 0 bridgehead atoms. The number of nitrogens with zero attached hydrogens (tertiary/aromatic N) is 2. The van der Waals surface area contributed by atoms with Gasteiger partial charge in [-0.15, -0.1) is 0 Å². The van der Waals surface area contributed by atoms with Gasteiger partial charge in [-0.3, -0.25) is 0 Å². The minimum atomic E-state index is -0.201. The number of aliphatic hydroxyl groups excluding tert-OH is 1. The molecule has 1 heterocycles. The summed E-state index contributed by atoms with van der Waals surface area (Å²) in [7, 11) is 3.54. The number of amides is 2. The lowest BCUT2D eigenvalue weighted by Gasteiger charge is -2.42. The highest BCUT2D eigenvalue weighted by atomic mass is 16.3. The van der Waals surface area contributed by atoms with Gasteiger partial charge in [0.25, 0.3) is 0 Å². The number of piperidine rings is 1. The van der Waals surface area contributed by atoms with Crippen molar-refractivity contribution < 1.29 is 9.90 Å². The van der Waals surface area contributed by atoms with E-state index in [2.05, 4.69) is 19.2 Å². The fourth-order valence-corrected chi connectivity index (χ4v) is 2.22. The lowest BCUT2D eigenvalue weighted by molar-refractivity contribution is 0.0803. The molecule has 0 aromatic rings. The molecule has 18 heavy (non-hydrogen) atoms. The smallest absolute Gasteiger partial charge is 0.319 e. The van der Waals surface area contributed by atoms with Crippen LogP contribution in [0.2, 0.25) is 0 Å². The maximum absolute atomic E-state index is 11.8. The topological polar surface area (TPSA) is 55.8 Å². The van der Waals surface area contributed by atoms with Crippen LogP contribution in [0.4, 0.5) is 4.79 Å². The van der Waals surface area contributed by atoms with Gasteiger partial charge in [-0.2, -0.15) is 0 Å². The summed E-state index contributed by atoms with van der Waals surface area (Å²) in [5, 5.41) is 13.1. The summed E-state index contributed by atoms with van der Waals surface area (Å²) >= 11 is 0. The van der Waals surface area contributed by atoms with Crippen LogP contribution in [0.25, 0.3) is 0 Å². The Balaban J connectivity index is 2.51. The van der Waals surface area contributed by atoms with E-state index in [1.807, 2.05) is 4.90 Å². The number of nitrogens with one attached hydrogen (secondary N) is 1. The lowest BCUT2D eigenvalue weighted by atomic mass is 9.88. The first-order valence-electron chi connectivity index (χ1n) is 6.72. The summed E-state index contributed by atoms with van der Waals surface area (Å²) < 4.78 is 0. The van der Waals surface area contributed by atoms with Gasteiger partial charge in [-0.25, -0.2) is 4.79 Å². The van der Waals surface area contributed by atoms with Gasteiger partial charge in [0.05, 0.1) is 6.61 Å². The quantitative estimate of drug-likeness (QED) is 0.781. The van der Waals surface area contributed by atoms with E-state index in [1.54, 1.807) is 19.0 Å². The number of carbonyl (C=O) groups excluding carboxylic acids is 1. The molecule has 1 saturated heterocycles. The van der Waals surface area contributed by atoms with Gasteiger partial charge in [-0.05, 0) is 25.3 Å². The van der Waals surface area contributed by atoms with Crippen molar-refractivity contribution in [2.75, 3.05) is 40.3 Å². The van der Waals surface area contributed by atoms with Crippen LogP contribution in [0.5, 0.6) is 0 Å². The normalized spacial score (nSPS) is 19.1. The maximum Gasteiger partial charge on any atom is 0.319 e. The minimum Gasteiger partial charge on any atom is -0.394 e. The highest BCUT2D eigenvalue weighted by Gasteiger charge is 2.35. The standard InChI is InChI=1S/C13H27N3O2/c1-11(2)9-14-13(10-17)5-7-16(8-6-13)12(18)15(3)4/h11,14,17H,5-10H2,1-4H3. The molecule has 1 rings (SSSR count). The Morgan fingerprint density at radius 3 is 2.33 bits per heavy atom. The van der Waals surface area contributed by atoms with Gasteiger partial charge in [0.2, 0.25) is 0 Å². The van der Waals surface area contributed by atoms with E-state index < -0.39 is 0 Å². The van der Waals surface area contributed by atoms with Crippen molar-refractivity contribution in [1.82, 2.24) is 15.1 Å². The Bertz CT molecular complexity index is 271. The van der Waals surface area contributed by atoms with E-state index in [0.29, 0.717) is 19.0 Å². The van der Waals surface area contributed by atoms with Gasteiger partial charge in [0, 0.05) is 32.7 Å². The van der Waals surface area contributed by atoms with Crippen molar-refractivity contribution in [2.24, 2.45) is 5.92 Å². The number of aliphatic hydroxyl groups is 1. The number of likely N-dealkylation sites (tertiary alicyclic amines) is 1. The van der Waals surface area contributed by atoms with E-state index in [4.69, 9.17) is 0 Å². The Hall–Kier alpha value is -0.810. The first-order valence-corrected chi connectivity index (χ1v) is 6.72. The van der Waals surface area contributed by atoms with Crippen molar-refractivity contribution in [3.63, 3.8) is 0 Å². The molecule has 2 amide bonds. The van der Waals surface area contributed by atoms with Crippen LogP contribution < -0.4 is 5.32 Å². The monoisotopic (exact) mass is 257 g/mol. The van der Waals surface area contributed by atoms with Crippen molar-refractivity contribution >= 4 is 6.03 Å². The second-order valence-electron chi connectivity index (χ2n) is 5.88. The van der Waals surface area contributed by atoms with Crippen LogP contribution in [0.1, 0.15) is 26.7 Å². The fraction of sp³-hybridized carbons (Fsp3) is 0.923. The number of urea groups is 1. The van der Waals surface area contributed by atoms with Crippen molar-refractivity contribution in [2.45, 2.75) is 32.2 Å². The molecule has 0 radical (unpaired) electrons. The Kier molecular flexibility index (Phi) is 5.41. The summed E-state index contributed by atoms with van der Waals surface area (Å²) in [6.07, 6.45) is 1.63. The second-order valence-corrected chi connectivity index (χ2v) is 5.88. The summed E-state index contributed by atoms with van der Waals surface area (Å²) in [6.45, 7) is 6.78. The molecule has 1 aliphatic heterocycles. The molecule has 0 atom stereocenters. The largest absolute Gasteiger partial charge is 0.394 e. The molecular weight excluding hydrogens is 230 g/mol. The van der Waals surface area contributed by atoms with Gasteiger partial charge in [0.15, 0.2) is 0 Å². The minimum absolute atomic E-state index is 0.0606. The van der Waals surface area contributed by atoms with Crippen molar-refractivity contribution in [1.29, 1.82) is 0 Å². The number of carbonyl (C=O) groups is 1. The summed E-state index contributed by atoms with van der Waals surface area (Å²) in [6, 6.07) is 0.0606. The highest BCUT2D eigenvalue weighted by molar-refractivity contribution is 5.73. The maximum atomic E-state index is 11.8. The Labute approximate surface area is 110 Å². The zero-order valence-electron chi connectivity index (χ0n) is 12.1. The zero-order chi connectivity index (χ0) is 13.8. The highest BCUT2D eigenvalue weighted by Crippen LogP contribution is 2.22. The Morgan fingerprint density at radius 2 is 1.94 bits per heavy atom. The van der Waals surface area contributed by atoms with E-state index in [9.17, 15) is 9.90 Å². The van der Waals surface area contributed by atoms with Crippen LogP contribution in [-0.4, -0.2) is 66.8 Å². The van der Waals surface area contributed by atoms with Crippen LogP contribution in [0.3, 0.4) is 0 Å². The summed E-state index contributed by atoms with van der Waals surface area (Å²) in [4.78, 5) is 15.3. The van der Waals surface area contributed by atoms with E-state index in [-0.39, 0.29) is 18.2 Å². The summed E-state index contributed by atoms with van der Waals surface area (Å²) in [5.74, 6) is 0.565. The Morgan fingerprint density at radius 1 is 1.39 bits per heavy atom. The van der Waals surface area contributed by atoms with Crippen LogP contribution in [0, 0.1) is 5.92 Å². The number of hydrogen-bond acceptors (Lipinski definition) is 3. The SMILES string of the molecule is CC(C)CNC1(CO)CCN(C(=O)N(C)C)CC1. The van der Waals surface area contributed by atoms with Crippen molar-refractivity contribution in [3.05, 3.63) is 0 Å². The first-order chi connectivity index (χ1) is 8.40. The second kappa shape index (κ2) is 6.38. The van der Waals surface area contributed by atoms with Gasteiger partial charge >= 0.3 is 6.03 Å². The van der Waals surface area contributed by atoms with E-state index in [0.717, 1.165) is 19.4 Å². The molecule has 2 N–H and O–H groups in total. The predicted octanol–water partition coefficient (Wildman–Crippen LogP) is 0.740. The molecule has 0 unspecified atom stereocenters. The predicted molar refractivity (Wildman–Crippen MR) is 72.5 cm³/mol. The molecule has 0 aromatic heterocycles. The fourth-order valence-electron chi connectivity index (χ4n) is 2.22. The van der Waals surface area contributed by atoms with Gasteiger partial charge in [-0.1, -0.05) is 13.8 Å². The lowest BCUT2D eigenvalue weighted by Crippen LogP contribution is -2.58. The van der Waals surface area contributed by atoms with E-state index in [1.165, 1.54) is 0 Å². The molecule has 5 nitrogen and oxygen atoms in total. The molecule has 0 aromatic carbocycles. The van der Waals surface area contributed by atoms with Gasteiger partial charge < -0.3 is 20.2 Å². The molecule has 1 fully saturated rings. The number of hydrogen-bond donors (Lipinski definition) is 2. The van der Waals surface area contributed by atoms with Gasteiger partial charge in [0.1, 0.15) is 0 Å². The molecule has 0 spiro atoms. The third-order valence-corrected chi connectivity index (χ3v) is 3.56. The van der Waals surface area contributed by atoms with Crippen LogP contribution >= 0.6 is 0 Å². The molecule has 0 saturated carbocycles. The van der Waals surface area contributed by atoms with Crippen LogP contribution in [-0.2, 0) is 0 Å². The molecule has 5 heteroatoms. The molecule has 1 aliphatic rings. The molecule has 0 aliphatic carbocycles. The zero-order valence-corrected chi connectivity index (χ0v) is 12.1. The third kappa shape index (κ3) is 3.85. The number of rotatable bonds is 4. The van der Waals surface area contributed by atoms with Crippen LogP contribution in [0.15, 0.2) is 0 Å². The first kappa shape index (κ1) is 15.2. The third-order valence-electron chi connectivity index (χ3n) is 3.56. The van der Waals surface area contributed by atoms with E-state index >= 15 is 0 Å². The van der Waals surface area contributed by atoms with Crippen molar-refractivity contribution in [3.8, 4) is 0 Å². The average molecular weight is 257 g/mol. The molecule has 106 valence electrons. The summed E-state index contributed by atoms with van der Waals surface area (Å²) in [5.41, 5.74) is -0.201. The average Bonchev–Trinajstić information content (AvgIpc) is 2.36.